The number of hydrogen-bond acceptors (Lipinski definition) is 2. The van der Waals surface area contributed by atoms with Crippen molar-refractivity contribution in [3.05, 3.63) is 42.2 Å². The summed E-state index contributed by atoms with van der Waals surface area (Å²) in [6.45, 7) is 7.39. The molecular formula is C15H25IN4. The Balaban J connectivity index is 0.00000361. The van der Waals surface area contributed by atoms with Crippen molar-refractivity contribution in [3.8, 4) is 0 Å². The number of nitrogens with zero attached hydrogens (tertiary/aromatic N) is 3. The van der Waals surface area contributed by atoms with Crippen LogP contribution in [0.25, 0.3) is 0 Å². The molecule has 0 aliphatic rings. The first-order valence-electron chi connectivity index (χ1n) is 6.62. The average Bonchev–Trinajstić information content (AvgIpc) is 2.40. The summed E-state index contributed by atoms with van der Waals surface area (Å²) in [7, 11) is 3.85. The fourth-order valence-electron chi connectivity index (χ4n) is 1.83. The molecule has 0 amide bonds. The van der Waals surface area contributed by atoms with Crippen molar-refractivity contribution in [2.24, 2.45) is 4.99 Å². The third-order valence-electron chi connectivity index (χ3n) is 2.85. The van der Waals surface area contributed by atoms with E-state index < -0.39 is 0 Å². The molecule has 1 aromatic rings. The first-order chi connectivity index (χ1) is 9.17. The molecule has 5 heteroatoms. The lowest BCUT2D eigenvalue weighted by Crippen LogP contribution is -2.39. The standard InChI is InChI=1S/C15H24N4.HI/c1-5-6-7-11-19(4)15(16-3)17-12-14-10-8-9-13(2)18-14;/h5,8-10H,1,6-7,11-12H2,2-4H3,(H,16,17);1H. The summed E-state index contributed by atoms with van der Waals surface area (Å²) in [5.41, 5.74) is 2.06. The number of aryl methyl sites for hydroxylation is 1. The van der Waals surface area contributed by atoms with Gasteiger partial charge in [0.15, 0.2) is 5.96 Å². The Kier molecular flexibility index (Phi) is 10.1. The summed E-state index contributed by atoms with van der Waals surface area (Å²) in [4.78, 5) is 10.9. The lowest BCUT2D eigenvalue weighted by atomic mass is 10.3. The quantitative estimate of drug-likeness (QED) is 0.268. The van der Waals surface area contributed by atoms with E-state index in [0.717, 1.165) is 36.7 Å². The van der Waals surface area contributed by atoms with Gasteiger partial charge in [0.1, 0.15) is 0 Å². The molecule has 0 aromatic carbocycles. The molecular weight excluding hydrogens is 363 g/mol. The number of hydrogen-bond donors (Lipinski definition) is 1. The number of aromatic nitrogens is 1. The van der Waals surface area contributed by atoms with Crippen molar-refractivity contribution < 1.29 is 0 Å². The first-order valence-corrected chi connectivity index (χ1v) is 6.62. The van der Waals surface area contributed by atoms with E-state index in [1.54, 1.807) is 7.05 Å². The maximum Gasteiger partial charge on any atom is 0.193 e. The molecule has 0 saturated heterocycles. The fourth-order valence-corrected chi connectivity index (χ4v) is 1.83. The van der Waals surface area contributed by atoms with Gasteiger partial charge in [-0.3, -0.25) is 9.98 Å². The van der Waals surface area contributed by atoms with E-state index in [4.69, 9.17) is 0 Å². The third kappa shape index (κ3) is 6.88. The molecule has 0 bridgehead atoms. The molecule has 1 heterocycles. The van der Waals surface area contributed by atoms with E-state index in [1.807, 2.05) is 38.2 Å². The molecule has 0 aliphatic carbocycles. The van der Waals surface area contributed by atoms with Crippen molar-refractivity contribution in [1.29, 1.82) is 0 Å². The molecule has 1 aromatic heterocycles. The second kappa shape index (κ2) is 10.7. The summed E-state index contributed by atoms with van der Waals surface area (Å²) >= 11 is 0. The van der Waals surface area contributed by atoms with Gasteiger partial charge in [0.2, 0.25) is 0 Å². The molecule has 0 saturated carbocycles. The molecule has 0 atom stereocenters. The minimum absolute atomic E-state index is 0. The van der Waals surface area contributed by atoms with Crippen LogP contribution in [0.5, 0.6) is 0 Å². The fraction of sp³-hybridized carbons (Fsp3) is 0.467. The molecule has 20 heavy (non-hydrogen) atoms. The Labute approximate surface area is 139 Å². The van der Waals surface area contributed by atoms with E-state index in [2.05, 4.69) is 26.8 Å². The van der Waals surface area contributed by atoms with Gasteiger partial charge in [0, 0.05) is 26.3 Å². The zero-order valence-corrected chi connectivity index (χ0v) is 14.9. The smallest absolute Gasteiger partial charge is 0.193 e. The van der Waals surface area contributed by atoms with Crippen LogP contribution >= 0.6 is 24.0 Å². The van der Waals surface area contributed by atoms with Gasteiger partial charge in [-0.1, -0.05) is 12.1 Å². The zero-order valence-electron chi connectivity index (χ0n) is 12.6. The van der Waals surface area contributed by atoms with Gasteiger partial charge in [-0.2, -0.15) is 0 Å². The van der Waals surface area contributed by atoms with Crippen LogP contribution in [0.15, 0.2) is 35.8 Å². The first kappa shape index (κ1) is 18.9. The van der Waals surface area contributed by atoms with Crippen LogP contribution in [-0.4, -0.2) is 36.5 Å². The van der Waals surface area contributed by atoms with Gasteiger partial charge in [-0.25, -0.2) is 0 Å². The number of nitrogens with one attached hydrogen (secondary N) is 1. The number of halogens is 1. The van der Waals surface area contributed by atoms with E-state index in [0.29, 0.717) is 6.54 Å². The van der Waals surface area contributed by atoms with Crippen LogP contribution in [0, 0.1) is 6.92 Å². The third-order valence-corrected chi connectivity index (χ3v) is 2.85. The van der Waals surface area contributed by atoms with Gasteiger partial charge in [0.05, 0.1) is 12.2 Å². The average molecular weight is 388 g/mol. The summed E-state index contributed by atoms with van der Waals surface area (Å²) in [5, 5.41) is 3.33. The van der Waals surface area contributed by atoms with Crippen LogP contribution in [0.3, 0.4) is 0 Å². The van der Waals surface area contributed by atoms with Crippen molar-refractivity contribution in [2.75, 3.05) is 20.6 Å². The summed E-state index contributed by atoms with van der Waals surface area (Å²) in [5.74, 6) is 0.896. The van der Waals surface area contributed by atoms with Gasteiger partial charge in [-0.05, 0) is 31.9 Å². The van der Waals surface area contributed by atoms with E-state index in [9.17, 15) is 0 Å². The number of pyridine rings is 1. The summed E-state index contributed by atoms with van der Waals surface area (Å²) in [6, 6.07) is 6.04. The zero-order chi connectivity index (χ0) is 14.1. The number of unbranched alkanes of at least 4 members (excludes halogenated alkanes) is 1. The summed E-state index contributed by atoms with van der Waals surface area (Å²) < 4.78 is 0. The van der Waals surface area contributed by atoms with E-state index >= 15 is 0 Å². The molecule has 4 nitrogen and oxygen atoms in total. The molecule has 0 radical (unpaired) electrons. The number of allylic oxidation sites excluding steroid dienone is 1. The molecule has 0 fully saturated rings. The van der Waals surface area contributed by atoms with Crippen LogP contribution in [0.2, 0.25) is 0 Å². The molecule has 0 unspecified atom stereocenters. The summed E-state index contributed by atoms with van der Waals surface area (Å²) in [6.07, 6.45) is 4.06. The van der Waals surface area contributed by atoms with Gasteiger partial charge in [0.25, 0.3) is 0 Å². The second-order valence-corrected chi connectivity index (χ2v) is 4.52. The highest BCUT2D eigenvalue weighted by Crippen LogP contribution is 1.99. The topological polar surface area (TPSA) is 40.5 Å². The highest BCUT2D eigenvalue weighted by molar-refractivity contribution is 14.0. The Morgan fingerprint density at radius 3 is 2.85 bits per heavy atom. The number of rotatable bonds is 6. The largest absolute Gasteiger partial charge is 0.351 e. The van der Waals surface area contributed by atoms with Crippen molar-refractivity contribution in [2.45, 2.75) is 26.3 Å². The van der Waals surface area contributed by atoms with Gasteiger partial charge < -0.3 is 10.2 Å². The Morgan fingerprint density at radius 2 is 2.25 bits per heavy atom. The Hall–Kier alpha value is -1.11. The minimum atomic E-state index is 0. The van der Waals surface area contributed by atoms with Gasteiger partial charge in [-0.15, -0.1) is 30.6 Å². The highest BCUT2D eigenvalue weighted by atomic mass is 127. The molecule has 0 aliphatic heterocycles. The minimum Gasteiger partial charge on any atom is -0.351 e. The predicted molar refractivity (Wildman–Crippen MR) is 96.6 cm³/mol. The van der Waals surface area contributed by atoms with E-state index in [1.165, 1.54) is 0 Å². The Bertz CT molecular complexity index is 432. The lowest BCUT2D eigenvalue weighted by Gasteiger charge is -2.21. The molecule has 1 rings (SSSR count). The monoisotopic (exact) mass is 388 g/mol. The van der Waals surface area contributed by atoms with Crippen molar-refractivity contribution in [1.82, 2.24) is 15.2 Å². The van der Waals surface area contributed by atoms with Crippen LogP contribution in [-0.2, 0) is 6.54 Å². The normalized spacial score (nSPS) is 10.7. The molecule has 0 spiro atoms. The van der Waals surface area contributed by atoms with Crippen molar-refractivity contribution >= 4 is 29.9 Å². The SMILES string of the molecule is C=CCCCN(C)C(=NC)NCc1cccc(C)n1.I. The maximum atomic E-state index is 4.46. The van der Waals surface area contributed by atoms with Crippen LogP contribution in [0.4, 0.5) is 0 Å². The number of aliphatic imine (C=N–C) groups is 1. The number of guanidine groups is 1. The van der Waals surface area contributed by atoms with Crippen LogP contribution in [0.1, 0.15) is 24.2 Å². The Morgan fingerprint density at radius 1 is 1.50 bits per heavy atom. The second-order valence-electron chi connectivity index (χ2n) is 4.52. The van der Waals surface area contributed by atoms with Crippen molar-refractivity contribution in [3.63, 3.8) is 0 Å². The maximum absolute atomic E-state index is 4.46. The highest BCUT2D eigenvalue weighted by Gasteiger charge is 2.05. The van der Waals surface area contributed by atoms with E-state index in [-0.39, 0.29) is 24.0 Å². The predicted octanol–water partition coefficient (Wildman–Crippen LogP) is 2.98. The molecule has 1 N–H and O–H groups in total. The lowest BCUT2D eigenvalue weighted by molar-refractivity contribution is 0.469. The van der Waals surface area contributed by atoms with Crippen LogP contribution < -0.4 is 5.32 Å². The van der Waals surface area contributed by atoms with Gasteiger partial charge >= 0.3 is 0 Å². The molecule has 112 valence electrons.